The van der Waals surface area contributed by atoms with Gasteiger partial charge >= 0.3 is 0 Å². The average molecular weight is 346 g/mol. The standard InChI is InChI=1S/C20H28ClN3/c1-2-3-4-12-22-16-6-8-17(9-7-16)24-19-11-13-23-20-14-15(21)5-10-18(19)20/h5,10-11,13-14,16-17,22H,2-4,6-9,12H2,1H3,(H,23,24). The first-order chi connectivity index (χ1) is 11.8. The van der Waals surface area contributed by atoms with Crippen LogP contribution in [-0.4, -0.2) is 23.6 Å². The molecule has 0 amide bonds. The van der Waals surface area contributed by atoms with Crippen molar-refractivity contribution in [3.63, 3.8) is 0 Å². The van der Waals surface area contributed by atoms with E-state index in [2.05, 4.69) is 34.7 Å². The van der Waals surface area contributed by atoms with E-state index in [0.717, 1.165) is 15.9 Å². The van der Waals surface area contributed by atoms with Crippen LogP contribution in [0.15, 0.2) is 30.5 Å². The molecule has 3 nitrogen and oxygen atoms in total. The fraction of sp³-hybridized carbons (Fsp3) is 0.550. The third-order valence-corrected chi connectivity index (χ3v) is 5.24. The van der Waals surface area contributed by atoms with Crippen LogP contribution in [-0.2, 0) is 0 Å². The van der Waals surface area contributed by atoms with Crippen LogP contribution in [0, 0.1) is 0 Å². The van der Waals surface area contributed by atoms with Crippen LogP contribution in [0.2, 0.25) is 5.02 Å². The maximum absolute atomic E-state index is 6.07. The highest BCUT2D eigenvalue weighted by Gasteiger charge is 2.21. The summed E-state index contributed by atoms with van der Waals surface area (Å²) in [7, 11) is 0. The molecule has 2 N–H and O–H groups in total. The Hall–Kier alpha value is -1.32. The van der Waals surface area contributed by atoms with Crippen molar-refractivity contribution >= 4 is 28.2 Å². The fourth-order valence-corrected chi connectivity index (χ4v) is 3.76. The first kappa shape index (κ1) is 17.5. The van der Waals surface area contributed by atoms with Gasteiger partial charge in [-0.2, -0.15) is 0 Å². The third kappa shape index (κ3) is 4.61. The van der Waals surface area contributed by atoms with Gasteiger partial charge in [0.25, 0.3) is 0 Å². The Kier molecular flexibility index (Phi) is 6.33. The monoisotopic (exact) mass is 345 g/mol. The quantitative estimate of drug-likeness (QED) is 0.660. The van der Waals surface area contributed by atoms with E-state index in [0.29, 0.717) is 12.1 Å². The van der Waals surface area contributed by atoms with Crippen molar-refractivity contribution in [1.29, 1.82) is 0 Å². The zero-order chi connectivity index (χ0) is 16.8. The Morgan fingerprint density at radius 1 is 1.08 bits per heavy atom. The van der Waals surface area contributed by atoms with Crippen LogP contribution in [0.3, 0.4) is 0 Å². The van der Waals surface area contributed by atoms with E-state index in [1.54, 1.807) is 0 Å². The molecule has 1 fully saturated rings. The van der Waals surface area contributed by atoms with Crippen LogP contribution < -0.4 is 10.6 Å². The van der Waals surface area contributed by atoms with Crippen molar-refractivity contribution in [3.8, 4) is 0 Å². The Labute approximate surface area is 150 Å². The first-order valence-electron chi connectivity index (χ1n) is 9.30. The molecule has 2 aromatic rings. The van der Waals surface area contributed by atoms with Crippen molar-refractivity contribution in [2.45, 2.75) is 64.0 Å². The van der Waals surface area contributed by atoms with Crippen molar-refractivity contribution in [3.05, 3.63) is 35.5 Å². The second-order valence-electron chi connectivity index (χ2n) is 6.87. The molecule has 1 heterocycles. The molecule has 1 aromatic carbocycles. The lowest BCUT2D eigenvalue weighted by Gasteiger charge is -2.30. The van der Waals surface area contributed by atoms with Gasteiger partial charge < -0.3 is 10.6 Å². The molecule has 1 aliphatic carbocycles. The predicted molar refractivity (Wildman–Crippen MR) is 104 cm³/mol. The number of nitrogens with zero attached hydrogens (tertiary/aromatic N) is 1. The molecule has 4 heteroatoms. The van der Waals surface area contributed by atoms with Crippen LogP contribution in [0.5, 0.6) is 0 Å². The molecule has 1 aliphatic rings. The molecule has 24 heavy (non-hydrogen) atoms. The van der Waals surface area contributed by atoms with Gasteiger partial charge in [0.05, 0.1) is 5.52 Å². The number of rotatable bonds is 7. The maximum atomic E-state index is 6.07. The number of nitrogens with one attached hydrogen (secondary N) is 2. The molecule has 3 rings (SSSR count). The van der Waals surface area contributed by atoms with Gasteiger partial charge in [0.2, 0.25) is 0 Å². The van der Waals surface area contributed by atoms with E-state index in [-0.39, 0.29) is 0 Å². The van der Waals surface area contributed by atoms with E-state index in [1.807, 2.05) is 18.3 Å². The van der Waals surface area contributed by atoms with E-state index in [4.69, 9.17) is 11.6 Å². The Bertz CT molecular complexity index is 650. The molecule has 130 valence electrons. The summed E-state index contributed by atoms with van der Waals surface area (Å²) in [4.78, 5) is 4.42. The summed E-state index contributed by atoms with van der Waals surface area (Å²) in [6.07, 6.45) is 10.8. The molecule has 1 saturated carbocycles. The van der Waals surface area contributed by atoms with Crippen molar-refractivity contribution < 1.29 is 0 Å². The minimum atomic E-state index is 0.556. The van der Waals surface area contributed by atoms with E-state index in [1.165, 1.54) is 57.2 Å². The van der Waals surface area contributed by atoms with Crippen LogP contribution in [0.1, 0.15) is 51.9 Å². The lowest BCUT2D eigenvalue weighted by Crippen LogP contribution is -2.37. The number of pyridine rings is 1. The van der Waals surface area contributed by atoms with Gasteiger partial charge in [-0.05, 0) is 62.9 Å². The van der Waals surface area contributed by atoms with Crippen LogP contribution in [0.4, 0.5) is 5.69 Å². The smallest absolute Gasteiger partial charge is 0.0737 e. The van der Waals surface area contributed by atoms with E-state index >= 15 is 0 Å². The number of hydrogen-bond acceptors (Lipinski definition) is 3. The lowest BCUT2D eigenvalue weighted by molar-refractivity contribution is 0.352. The number of unbranched alkanes of at least 4 members (excludes halogenated alkanes) is 2. The SMILES string of the molecule is CCCCCNC1CCC(Nc2ccnc3cc(Cl)ccc23)CC1. The summed E-state index contributed by atoms with van der Waals surface area (Å²) in [5.74, 6) is 0. The van der Waals surface area contributed by atoms with Gasteiger partial charge in [-0.15, -0.1) is 0 Å². The van der Waals surface area contributed by atoms with Crippen molar-refractivity contribution in [1.82, 2.24) is 10.3 Å². The Morgan fingerprint density at radius 2 is 1.88 bits per heavy atom. The minimum absolute atomic E-state index is 0.556. The Balaban J connectivity index is 1.53. The summed E-state index contributed by atoms with van der Waals surface area (Å²) in [5, 5.41) is 9.35. The second-order valence-corrected chi connectivity index (χ2v) is 7.31. The number of anilines is 1. The van der Waals surface area contributed by atoms with Gasteiger partial charge in [-0.25, -0.2) is 0 Å². The molecule has 0 saturated heterocycles. The second kappa shape index (κ2) is 8.68. The van der Waals surface area contributed by atoms with Gasteiger partial charge in [-0.3, -0.25) is 4.98 Å². The summed E-state index contributed by atoms with van der Waals surface area (Å²) in [6, 6.07) is 9.26. The maximum Gasteiger partial charge on any atom is 0.0737 e. The summed E-state index contributed by atoms with van der Waals surface area (Å²) in [5.41, 5.74) is 2.13. The predicted octanol–water partition coefficient (Wildman–Crippen LogP) is 5.39. The number of benzene rings is 1. The van der Waals surface area contributed by atoms with Gasteiger partial charge in [-0.1, -0.05) is 31.4 Å². The van der Waals surface area contributed by atoms with Crippen LogP contribution >= 0.6 is 11.6 Å². The zero-order valence-electron chi connectivity index (χ0n) is 14.5. The van der Waals surface area contributed by atoms with E-state index < -0.39 is 0 Å². The zero-order valence-corrected chi connectivity index (χ0v) is 15.3. The number of halogens is 1. The van der Waals surface area contributed by atoms with Gasteiger partial charge in [0, 0.05) is 34.4 Å². The highest BCUT2D eigenvalue weighted by molar-refractivity contribution is 6.31. The van der Waals surface area contributed by atoms with Gasteiger partial charge in [0.1, 0.15) is 0 Å². The topological polar surface area (TPSA) is 37.0 Å². The number of hydrogen-bond donors (Lipinski definition) is 2. The Morgan fingerprint density at radius 3 is 2.67 bits per heavy atom. The molecular formula is C20H28ClN3. The fourth-order valence-electron chi connectivity index (χ4n) is 3.59. The van der Waals surface area contributed by atoms with Crippen molar-refractivity contribution in [2.75, 3.05) is 11.9 Å². The lowest BCUT2D eigenvalue weighted by atomic mass is 9.90. The molecule has 0 unspecified atom stereocenters. The van der Waals surface area contributed by atoms with Crippen molar-refractivity contribution in [2.24, 2.45) is 0 Å². The minimum Gasteiger partial charge on any atom is -0.382 e. The van der Waals surface area contributed by atoms with E-state index in [9.17, 15) is 0 Å². The first-order valence-corrected chi connectivity index (χ1v) is 9.68. The molecule has 0 atom stereocenters. The summed E-state index contributed by atoms with van der Waals surface area (Å²) < 4.78 is 0. The molecular weight excluding hydrogens is 318 g/mol. The summed E-state index contributed by atoms with van der Waals surface area (Å²) in [6.45, 7) is 3.43. The van der Waals surface area contributed by atoms with Gasteiger partial charge in [0.15, 0.2) is 0 Å². The highest BCUT2D eigenvalue weighted by Crippen LogP contribution is 2.28. The number of fused-ring (bicyclic) bond motifs is 1. The number of aromatic nitrogens is 1. The largest absolute Gasteiger partial charge is 0.382 e. The average Bonchev–Trinajstić information content (AvgIpc) is 2.60. The summed E-state index contributed by atoms with van der Waals surface area (Å²) >= 11 is 6.07. The molecule has 0 aliphatic heterocycles. The third-order valence-electron chi connectivity index (χ3n) is 5.00. The molecule has 1 aromatic heterocycles. The normalized spacial score (nSPS) is 21.1. The highest BCUT2D eigenvalue weighted by atomic mass is 35.5. The van der Waals surface area contributed by atoms with Crippen LogP contribution in [0.25, 0.3) is 10.9 Å². The molecule has 0 bridgehead atoms. The molecule has 0 spiro atoms. The molecule has 0 radical (unpaired) electrons.